The molecule has 2 aromatic rings. The van der Waals surface area contributed by atoms with Crippen LogP contribution < -0.4 is 4.74 Å². The van der Waals surface area contributed by atoms with Crippen molar-refractivity contribution >= 4 is 33.9 Å². The Morgan fingerprint density at radius 1 is 1.13 bits per heavy atom. The number of ether oxygens (including phenoxy) is 1. The fourth-order valence-electron chi connectivity index (χ4n) is 1.28. The summed E-state index contributed by atoms with van der Waals surface area (Å²) in [6.45, 7) is 0.751. The van der Waals surface area contributed by atoms with Gasteiger partial charge in [-0.1, -0.05) is 18.2 Å². The van der Waals surface area contributed by atoms with Gasteiger partial charge < -0.3 is 4.74 Å². The standard InChI is InChI=1S/C12H11IOS/c13-11-5-1-2-6-12(11)14-8-7-10-4-3-9-15-10/h1-6,9H,7-8H2. The van der Waals surface area contributed by atoms with E-state index in [2.05, 4.69) is 46.2 Å². The number of benzene rings is 1. The van der Waals surface area contributed by atoms with Gasteiger partial charge in [0.15, 0.2) is 0 Å². The van der Waals surface area contributed by atoms with Crippen molar-refractivity contribution in [3.63, 3.8) is 0 Å². The average molecular weight is 330 g/mol. The second kappa shape index (κ2) is 5.51. The maximum Gasteiger partial charge on any atom is 0.132 e. The molecule has 0 aliphatic rings. The lowest BCUT2D eigenvalue weighted by Crippen LogP contribution is -2.00. The van der Waals surface area contributed by atoms with Crippen molar-refractivity contribution in [1.29, 1.82) is 0 Å². The molecule has 0 spiro atoms. The van der Waals surface area contributed by atoms with Crippen LogP contribution in [0.1, 0.15) is 4.88 Å². The van der Waals surface area contributed by atoms with Gasteiger partial charge in [0.25, 0.3) is 0 Å². The molecule has 0 atom stereocenters. The van der Waals surface area contributed by atoms with Crippen LogP contribution in [0.2, 0.25) is 0 Å². The molecule has 0 aliphatic heterocycles. The molecule has 0 saturated heterocycles. The highest BCUT2D eigenvalue weighted by molar-refractivity contribution is 14.1. The number of para-hydroxylation sites is 1. The van der Waals surface area contributed by atoms with Crippen molar-refractivity contribution in [1.82, 2.24) is 0 Å². The molecule has 1 nitrogen and oxygen atoms in total. The minimum Gasteiger partial charge on any atom is -0.492 e. The van der Waals surface area contributed by atoms with E-state index in [0.717, 1.165) is 18.8 Å². The van der Waals surface area contributed by atoms with Gasteiger partial charge in [-0.15, -0.1) is 11.3 Å². The number of hydrogen-bond donors (Lipinski definition) is 0. The van der Waals surface area contributed by atoms with Crippen LogP contribution in [0, 0.1) is 3.57 Å². The molecule has 1 aromatic carbocycles. The maximum absolute atomic E-state index is 5.71. The van der Waals surface area contributed by atoms with Gasteiger partial charge >= 0.3 is 0 Å². The van der Waals surface area contributed by atoms with Crippen LogP contribution in [0.4, 0.5) is 0 Å². The summed E-state index contributed by atoms with van der Waals surface area (Å²) in [5.74, 6) is 0.981. The molecule has 3 heteroatoms. The zero-order valence-corrected chi connectivity index (χ0v) is 11.1. The van der Waals surface area contributed by atoms with Crippen LogP contribution in [-0.2, 0) is 6.42 Å². The highest BCUT2D eigenvalue weighted by Crippen LogP contribution is 2.20. The molecule has 2 rings (SSSR count). The third-order valence-corrected chi connectivity index (χ3v) is 3.85. The predicted molar refractivity (Wildman–Crippen MR) is 72.7 cm³/mol. The lowest BCUT2D eigenvalue weighted by atomic mass is 10.3. The fourth-order valence-corrected chi connectivity index (χ4v) is 2.51. The van der Waals surface area contributed by atoms with Gasteiger partial charge in [-0.05, 0) is 46.2 Å². The van der Waals surface area contributed by atoms with Gasteiger partial charge in [0.1, 0.15) is 5.75 Å². The van der Waals surface area contributed by atoms with E-state index in [0.29, 0.717) is 0 Å². The summed E-state index contributed by atoms with van der Waals surface area (Å²) in [5, 5.41) is 2.10. The van der Waals surface area contributed by atoms with Crippen molar-refractivity contribution in [2.75, 3.05) is 6.61 Å². The summed E-state index contributed by atoms with van der Waals surface area (Å²) in [5.41, 5.74) is 0. The topological polar surface area (TPSA) is 9.23 Å². The zero-order chi connectivity index (χ0) is 10.5. The highest BCUT2D eigenvalue weighted by Gasteiger charge is 1.99. The lowest BCUT2D eigenvalue weighted by molar-refractivity contribution is 0.321. The first-order valence-electron chi connectivity index (χ1n) is 4.76. The minimum atomic E-state index is 0.751. The molecular weight excluding hydrogens is 319 g/mol. The minimum absolute atomic E-state index is 0.751. The Labute approximate surface area is 107 Å². The van der Waals surface area contributed by atoms with Crippen LogP contribution >= 0.6 is 33.9 Å². The van der Waals surface area contributed by atoms with E-state index in [9.17, 15) is 0 Å². The van der Waals surface area contributed by atoms with Gasteiger partial charge in [0.05, 0.1) is 10.2 Å². The molecule has 0 radical (unpaired) electrons. The van der Waals surface area contributed by atoms with Gasteiger partial charge in [-0.2, -0.15) is 0 Å². The van der Waals surface area contributed by atoms with E-state index >= 15 is 0 Å². The van der Waals surface area contributed by atoms with E-state index < -0.39 is 0 Å². The van der Waals surface area contributed by atoms with Gasteiger partial charge in [0.2, 0.25) is 0 Å². The van der Waals surface area contributed by atoms with Crippen LogP contribution in [0.15, 0.2) is 41.8 Å². The summed E-state index contributed by atoms with van der Waals surface area (Å²) < 4.78 is 6.88. The maximum atomic E-state index is 5.71. The second-order valence-corrected chi connectivity index (χ2v) is 5.30. The highest BCUT2D eigenvalue weighted by atomic mass is 127. The number of hydrogen-bond acceptors (Lipinski definition) is 2. The van der Waals surface area contributed by atoms with Crippen molar-refractivity contribution in [2.45, 2.75) is 6.42 Å². The molecule has 0 bridgehead atoms. The van der Waals surface area contributed by atoms with Crippen LogP contribution in [0.3, 0.4) is 0 Å². The zero-order valence-electron chi connectivity index (χ0n) is 8.15. The quantitative estimate of drug-likeness (QED) is 0.771. The van der Waals surface area contributed by atoms with E-state index in [-0.39, 0.29) is 0 Å². The van der Waals surface area contributed by atoms with Gasteiger partial charge in [-0.25, -0.2) is 0 Å². The Kier molecular flexibility index (Phi) is 4.02. The molecule has 1 aromatic heterocycles. The first-order valence-corrected chi connectivity index (χ1v) is 6.72. The summed E-state index contributed by atoms with van der Waals surface area (Å²) in [6.07, 6.45) is 0.989. The van der Waals surface area contributed by atoms with Crippen LogP contribution in [0.5, 0.6) is 5.75 Å². The van der Waals surface area contributed by atoms with Crippen molar-refractivity contribution in [3.05, 3.63) is 50.2 Å². The largest absolute Gasteiger partial charge is 0.492 e. The van der Waals surface area contributed by atoms with Crippen molar-refractivity contribution in [3.8, 4) is 5.75 Å². The Morgan fingerprint density at radius 3 is 2.73 bits per heavy atom. The normalized spacial score (nSPS) is 10.2. The Bertz CT molecular complexity index is 411. The van der Waals surface area contributed by atoms with Gasteiger partial charge in [-0.3, -0.25) is 0 Å². The Balaban J connectivity index is 1.86. The first-order chi connectivity index (χ1) is 7.36. The summed E-state index contributed by atoms with van der Waals surface area (Å²) >= 11 is 4.07. The monoisotopic (exact) mass is 330 g/mol. The third kappa shape index (κ3) is 3.21. The molecule has 0 N–H and O–H groups in total. The van der Waals surface area contributed by atoms with E-state index in [4.69, 9.17) is 4.74 Å². The van der Waals surface area contributed by atoms with Crippen molar-refractivity contribution < 1.29 is 4.74 Å². The van der Waals surface area contributed by atoms with E-state index in [1.54, 1.807) is 11.3 Å². The summed E-state index contributed by atoms with van der Waals surface area (Å²) in [7, 11) is 0. The summed E-state index contributed by atoms with van der Waals surface area (Å²) in [6, 6.07) is 12.3. The number of halogens is 1. The third-order valence-electron chi connectivity index (χ3n) is 2.02. The number of rotatable bonds is 4. The van der Waals surface area contributed by atoms with E-state index in [1.165, 1.54) is 8.45 Å². The second-order valence-electron chi connectivity index (χ2n) is 3.11. The fraction of sp³-hybridized carbons (Fsp3) is 0.167. The molecule has 0 fully saturated rings. The molecule has 15 heavy (non-hydrogen) atoms. The first kappa shape index (κ1) is 11.0. The molecule has 0 unspecified atom stereocenters. The smallest absolute Gasteiger partial charge is 0.132 e. The van der Waals surface area contributed by atoms with Crippen molar-refractivity contribution in [2.24, 2.45) is 0 Å². The Morgan fingerprint density at radius 2 is 2.00 bits per heavy atom. The van der Waals surface area contributed by atoms with Crippen LogP contribution in [0.25, 0.3) is 0 Å². The molecular formula is C12H11IOS. The van der Waals surface area contributed by atoms with E-state index in [1.807, 2.05) is 18.2 Å². The Hall–Kier alpha value is -0.550. The predicted octanol–water partition coefficient (Wildman–Crippen LogP) is 3.97. The summed E-state index contributed by atoms with van der Waals surface area (Å²) in [4.78, 5) is 1.38. The SMILES string of the molecule is Ic1ccccc1OCCc1cccs1. The molecule has 0 aliphatic carbocycles. The molecule has 1 heterocycles. The van der Waals surface area contributed by atoms with Gasteiger partial charge in [0, 0.05) is 11.3 Å². The number of thiophene rings is 1. The lowest BCUT2D eigenvalue weighted by Gasteiger charge is -2.06. The van der Waals surface area contributed by atoms with Crippen LogP contribution in [-0.4, -0.2) is 6.61 Å². The molecule has 0 amide bonds. The average Bonchev–Trinajstić information content (AvgIpc) is 2.74. The molecule has 78 valence electrons. The molecule has 0 saturated carbocycles.